The van der Waals surface area contributed by atoms with Crippen molar-refractivity contribution >= 4 is 27.4 Å². The molecule has 2 N–H and O–H groups in total. The van der Waals surface area contributed by atoms with Gasteiger partial charge in [0.05, 0.1) is 11.8 Å². The molecule has 1 aliphatic heterocycles. The first kappa shape index (κ1) is 22.7. The summed E-state index contributed by atoms with van der Waals surface area (Å²) in [5.41, 5.74) is 0. The van der Waals surface area contributed by atoms with E-state index in [-0.39, 0.29) is 4.88 Å². The Hall–Kier alpha value is -1.45. The largest absolute Gasteiger partial charge is 0.396 e. The van der Waals surface area contributed by atoms with Gasteiger partial charge in [0.2, 0.25) is 0 Å². The van der Waals surface area contributed by atoms with Gasteiger partial charge in [0.1, 0.15) is 17.0 Å². The third kappa shape index (κ3) is 6.29. The Morgan fingerprint density at radius 1 is 1.03 bits per heavy atom. The van der Waals surface area contributed by atoms with E-state index in [9.17, 15) is 18.3 Å². The van der Waals surface area contributed by atoms with Gasteiger partial charge >= 0.3 is 6.18 Å². The summed E-state index contributed by atoms with van der Waals surface area (Å²) in [5, 5.41) is 13.4. The predicted octanol–water partition coefficient (Wildman–Crippen LogP) is 4.72. The van der Waals surface area contributed by atoms with Crippen LogP contribution in [0, 0.1) is 17.8 Å². The van der Waals surface area contributed by atoms with Gasteiger partial charge in [-0.05, 0) is 75.4 Å². The lowest BCUT2D eigenvalue weighted by Gasteiger charge is -2.36. The molecule has 1 saturated carbocycles. The number of aromatic nitrogens is 2. The van der Waals surface area contributed by atoms with Crippen LogP contribution in [0.1, 0.15) is 43.4 Å². The number of aliphatic hydroxyl groups excluding tert-OH is 1. The predicted molar refractivity (Wildman–Crippen MR) is 117 cm³/mol. The standard InChI is InChI=1S/C22H31F3N4OS/c23-22(24,25)10-18-9-19-20(27-14-28-21(19)31-18)26-11-15-5-7-29(8-6-15)12-16-1-3-17(13-30)4-2-16/h9,14-17,30H,1-8,10-13H2,(H,26,27,28). The fraction of sp³-hybridized carbons (Fsp3) is 0.727. The molecule has 1 saturated heterocycles. The summed E-state index contributed by atoms with van der Waals surface area (Å²) in [6, 6.07) is 1.57. The molecule has 9 heteroatoms. The monoisotopic (exact) mass is 456 g/mol. The average molecular weight is 457 g/mol. The van der Waals surface area contributed by atoms with E-state index in [1.54, 1.807) is 6.07 Å². The summed E-state index contributed by atoms with van der Waals surface area (Å²) in [6.07, 6.45) is 3.30. The van der Waals surface area contributed by atoms with Crippen molar-refractivity contribution < 1.29 is 18.3 Å². The van der Waals surface area contributed by atoms with Gasteiger partial charge < -0.3 is 15.3 Å². The molecule has 3 heterocycles. The Morgan fingerprint density at radius 3 is 2.42 bits per heavy atom. The number of nitrogens with one attached hydrogen (secondary N) is 1. The molecule has 0 spiro atoms. The summed E-state index contributed by atoms with van der Waals surface area (Å²) < 4.78 is 38.1. The second-order valence-electron chi connectivity index (χ2n) is 9.14. The summed E-state index contributed by atoms with van der Waals surface area (Å²) in [4.78, 5) is 11.9. The van der Waals surface area contributed by atoms with Crippen LogP contribution in [-0.4, -0.2) is 58.9 Å². The Bertz CT molecular complexity index is 843. The number of thiophene rings is 1. The number of halogens is 3. The van der Waals surface area contributed by atoms with Gasteiger partial charge in [0, 0.05) is 24.6 Å². The highest BCUT2D eigenvalue weighted by Gasteiger charge is 2.29. The first-order chi connectivity index (χ1) is 14.9. The number of piperidine rings is 1. The molecule has 5 nitrogen and oxygen atoms in total. The Morgan fingerprint density at radius 2 is 1.74 bits per heavy atom. The quantitative estimate of drug-likeness (QED) is 0.631. The van der Waals surface area contributed by atoms with Gasteiger partial charge in [0.15, 0.2) is 0 Å². The molecule has 0 bridgehead atoms. The number of nitrogens with zero attached hydrogens (tertiary/aromatic N) is 3. The smallest absolute Gasteiger partial charge is 0.393 e. The number of fused-ring (bicyclic) bond motifs is 1. The van der Waals surface area contributed by atoms with Crippen LogP contribution in [-0.2, 0) is 6.42 Å². The Kier molecular flexibility index (Phi) is 7.33. The van der Waals surface area contributed by atoms with E-state index in [1.165, 1.54) is 25.7 Å². The summed E-state index contributed by atoms with van der Waals surface area (Å²) >= 11 is 1.09. The normalized spacial score (nSPS) is 24.0. The van der Waals surface area contributed by atoms with Crippen molar-refractivity contribution in [1.82, 2.24) is 14.9 Å². The van der Waals surface area contributed by atoms with Crippen LogP contribution in [0.15, 0.2) is 12.4 Å². The van der Waals surface area contributed by atoms with E-state index in [2.05, 4.69) is 20.2 Å². The second kappa shape index (κ2) is 10.0. The number of hydrogen-bond acceptors (Lipinski definition) is 6. The lowest BCUT2D eigenvalue weighted by atomic mass is 9.82. The summed E-state index contributed by atoms with van der Waals surface area (Å²) in [7, 11) is 0. The van der Waals surface area contributed by atoms with Gasteiger partial charge in [0.25, 0.3) is 0 Å². The van der Waals surface area contributed by atoms with Crippen molar-refractivity contribution in [3.05, 3.63) is 17.3 Å². The van der Waals surface area contributed by atoms with E-state index in [1.807, 2.05) is 0 Å². The Labute approximate surface area is 185 Å². The van der Waals surface area contributed by atoms with Crippen LogP contribution in [0.2, 0.25) is 0 Å². The molecule has 2 fully saturated rings. The fourth-order valence-corrected chi connectivity index (χ4v) is 5.93. The number of likely N-dealkylation sites (tertiary alicyclic amines) is 1. The number of aliphatic hydroxyl groups is 1. The molecule has 2 aliphatic rings. The first-order valence-corrected chi connectivity index (χ1v) is 12.1. The average Bonchev–Trinajstić information content (AvgIpc) is 3.15. The molecule has 0 amide bonds. The van der Waals surface area contributed by atoms with Gasteiger partial charge in [-0.2, -0.15) is 13.2 Å². The third-order valence-electron chi connectivity index (χ3n) is 6.76. The minimum atomic E-state index is -4.21. The van der Waals surface area contributed by atoms with E-state index in [4.69, 9.17) is 0 Å². The van der Waals surface area contributed by atoms with Crippen molar-refractivity contribution in [2.24, 2.45) is 17.8 Å². The number of hydrogen-bond donors (Lipinski definition) is 2. The summed E-state index contributed by atoms with van der Waals surface area (Å²) in [5.74, 6) is 2.45. The van der Waals surface area contributed by atoms with Crippen LogP contribution >= 0.6 is 11.3 Å². The zero-order valence-corrected chi connectivity index (χ0v) is 18.5. The van der Waals surface area contributed by atoms with E-state index in [0.717, 1.165) is 62.6 Å². The lowest BCUT2D eigenvalue weighted by molar-refractivity contribution is -0.126. The van der Waals surface area contributed by atoms with Crippen molar-refractivity contribution in [1.29, 1.82) is 0 Å². The van der Waals surface area contributed by atoms with E-state index in [0.29, 0.717) is 34.5 Å². The van der Waals surface area contributed by atoms with Crippen LogP contribution in [0.25, 0.3) is 10.2 Å². The zero-order valence-electron chi connectivity index (χ0n) is 17.7. The molecular formula is C22H31F3N4OS. The highest BCUT2D eigenvalue weighted by Crippen LogP contribution is 2.33. The second-order valence-corrected chi connectivity index (χ2v) is 10.3. The highest BCUT2D eigenvalue weighted by molar-refractivity contribution is 7.18. The molecule has 172 valence electrons. The minimum Gasteiger partial charge on any atom is -0.396 e. The molecule has 0 aromatic carbocycles. The summed E-state index contributed by atoms with van der Waals surface area (Å²) in [6.45, 7) is 4.48. The van der Waals surface area contributed by atoms with Gasteiger partial charge in [-0.3, -0.25) is 0 Å². The molecule has 0 unspecified atom stereocenters. The molecule has 0 atom stereocenters. The maximum atomic E-state index is 12.7. The van der Waals surface area contributed by atoms with Gasteiger partial charge in [-0.25, -0.2) is 9.97 Å². The van der Waals surface area contributed by atoms with Crippen molar-refractivity contribution in [3.63, 3.8) is 0 Å². The molecule has 31 heavy (non-hydrogen) atoms. The maximum Gasteiger partial charge on any atom is 0.393 e. The first-order valence-electron chi connectivity index (χ1n) is 11.3. The van der Waals surface area contributed by atoms with Crippen LogP contribution in [0.4, 0.5) is 19.0 Å². The van der Waals surface area contributed by atoms with E-state index < -0.39 is 12.6 Å². The minimum absolute atomic E-state index is 0.271. The molecule has 0 radical (unpaired) electrons. The topological polar surface area (TPSA) is 61.3 Å². The number of anilines is 1. The number of rotatable bonds is 7. The van der Waals surface area contributed by atoms with Crippen molar-refractivity contribution in [3.8, 4) is 0 Å². The zero-order chi connectivity index (χ0) is 21.8. The molecule has 2 aromatic rings. The van der Waals surface area contributed by atoms with Crippen LogP contribution in [0.3, 0.4) is 0 Å². The lowest BCUT2D eigenvalue weighted by Crippen LogP contribution is -2.39. The molecular weight excluding hydrogens is 425 g/mol. The fourth-order valence-electron chi connectivity index (χ4n) is 4.91. The molecule has 4 rings (SSSR count). The Balaban J connectivity index is 1.25. The molecule has 2 aromatic heterocycles. The van der Waals surface area contributed by atoms with Gasteiger partial charge in [-0.1, -0.05) is 0 Å². The molecule has 1 aliphatic carbocycles. The van der Waals surface area contributed by atoms with Crippen molar-refractivity contribution in [2.45, 2.75) is 51.1 Å². The van der Waals surface area contributed by atoms with Crippen molar-refractivity contribution in [2.75, 3.05) is 38.1 Å². The third-order valence-corrected chi connectivity index (χ3v) is 7.80. The van der Waals surface area contributed by atoms with Gasteiger partial charge in [-0.15, -0.1) is 11.3 Å². The van der Waals surface area contributed by atoms with Crippen LogP contribution in [0.5, 0.6) is 0 Å². The maximum absolute atomic E-state index is 12.7. The van der Waals surface area contributed by atoms with Crippen LogP contribution < -0.4 is 5.32 Å². The number of alkyl halides is 3. The highest BCUT2D eigenvalue weighted by atomic mass is 32.1. The van der Waals surface area contributed by atoms with E-state index >= 15 is 0 Å². The SMILES string of the molecule is OCC1CCC(CN2CCC(CNc3ncnc4sc(CC(F)(F)F)cc34)CC2)CC1.